The zero-order valence-corrected chi connectivity index (χ0v) is 12.3. The van der Waals surface area contributed by atoms with E-state index in [0.717, 1.165) is 0 Å². The molecule has 6 nitrogen and oxygen atoms in total. The number of anilines is 1. The van der Waals surface area contributed by atoms with Crippen LogP contribution in [0.4, 0.5) is 5.69 Å². The smallest absolute Gasteiger partial charge is 0.294 e. The van der Waals surface area contributed by atoms with E-state index in [4.69, 9.17) is 14.0 Å². The highest BCUT2D eigenvalue weighted by atomic mass is 16.5. The molecule has 2 rings (SSSR count). The van der Waals surface area contributed by atoms with E-state index in [9.17, 15) is 4.79 Å². The average Bonchev–Trinajstić information content (AvgIpc) is 2.89. The average molecular weight is 290 g/mol. The number of carbonyl (C=O) groups excluding carboxylic acids is 1. The molecule has 0 atom stereocenters. The molecule has 0 bridgehead atoms. The first kappa shape index (κ1) is 14.9. The molecule has 0 aliphatic carbocycles. The van der Waals surface area contributed by atoms with E-state index < -0.39 is 0 Å². The van der Waals surface area contributed by atoms with Crippen molar-refractivity contribution in [1.29, 1.82) is 0 Å². The van der Waals surface area contributed by atoms with Gasteiger partial charge in [-0.2, -0.15) is 0 Å². The maximum atomic E-state index is 12.1. The van der Waals surface area contributed by atoms with Crippen molar-refractivity contribution in [2.45, 2.75) is 20.8 Å². The number of nitrogens with zero attached hydrogens (tertiary/aromatic N) is 1. The maximum Gasteiger partial charge on any atom is 0.294 e. The fourth-order valence-corrected chi connectivity index (χ4v) is 1.80. The lowest BCUT2D eigenvalue weighted by molar-refractivity contribution is 0.0987. The van der Waals surface area contributed by atoms with Crippen LogP contribution in [-0.4, -0.2) is 24.3 Å². The molecule has 112 valence electrons. The standard InChI is InChI=1S/C15H18N2O4/c1-4-19-11-6-7-13(20-5-2)12(9-11)16-15(18)14-8-10(3)17-21-14/h6-9H,4-5H2,1-3H3,(H,16,18). The van der Waals surface area contributed by atoms with Crippen LogP contribution in [0.15, 0.2) is 28.8 Å². The lowest BCUT2D eigenvalue weighted by Crippen LogP contribution is -2.12. The van der Waals surface area contributed by atoms with Crippen LogP contribution >= 0.6 is 0 Å². The Morgan fingerprint density at radius 1 is 1.24 bits per heavy atom. The van der Waals surface area contributed by atoms with Crippen molar-refractivity contribution in [1.82, 2.24) is 5.16 Å². The van der Waals surface area contributed by atoms with Crippen LogP contribution in [0.25, 0.3) is 0 Å². The van der Waals surface area contributed by atoms with Crippen molar-refractivity contribution in [2.24, 2.45) is 0 Å². The summed E-state index contributed by atoms with van der Waals surface area (Å²) in [5, 5.41) is 6.44. The number of amides is 1. The van der Waals surface area contributed by atoms with Gasteiger partial charge in [0.1, 0.15) is 11.5 Å². The van der Waals surface area contributed by atoms with Crippen molar-refractivity contribution in [3.05, 3.63) is 35.7 Å². The zero-order valence-electron chi connectivity index (χ0n) is 12.3. The van der Waals surface area contributed by atoms with Gasteiger partial charge in [0.25, 0.3) is 5.91 Å². The van der Waals surface area contributed by atoms with Crippen molar-refractivity contribution < 1.29 is 18.8 Å². The SMILES string of the molecule is CCOc1ccc(OCC)c(NC(=O)c2cc(C)no2)c1. The van der Waals surface area contributed by atoms with Gasteiger partial charge in [0.15, 0.2) is 0 Å². The van der Waals surface area contributed by atoms with Crippen LogP contribution < -0.4 is 14.8 Å². The number of hydrogen-bond acceptors (Lipinski definition) is 5. The van der Waals surface area contributed by atoms with E-state index in [2.05, 4.69) is 10.5 Å². The van der Waals surface area contributed by atoms with Crippen LogP contribution in [0.3, 0.4) is 0 Å². The number of aryl methyl sites for hydroxylation is 1. The zero-order chi connectivity index (χ0) is 15.2. The van der Waals surface area contributed by atoms with Crippen molar-refractivity contribution in [3.8, 4) is 11.5 Å². The molecule has 0 aliphatic heterocycles. The van der Waals surface area contributed by atoms with Gasteiger partial charge < -0.3 is 19.3 Å². The van der Waals surface area contributed by atoms with Gasteiger partial charge in [-0.15, -0.1) is 0 Å². The van der Waals surface area contributed by atoms with E-state index >= 15 is 0 Å². The first-order valence-corrected chi connectivity index (χ1v) is 6.78. The predicted octanol–water partition coefficient (Wildman–Crippen LogP) is 3.03. The fraction of sp³-hybridized carbons (Fsp3) is 0.333. The van der Waals surface area contributed by atoms with Crippen LogP contribution in [-0.2, 0) is 0 Å². The van der Waals surface area contributed by atoms with E-state index in [1.807, 2.05) is 13.8 Å². The summed E-state index contributed by atoms with van der Waals surface area (Å²) in [6, 6.07) is 6.84. The van der Waals surface area contributed by atoms with E-state index in [1.165, 1.54) is 0 Å². The Bertz CT molecular complexity index is 622. The highest BCUT2D eigenvalue weighted by Gasteiger charge is 2.15. The second kappa shape index (κ2) is 6.78. The van der Waals surface area contributed by atoms with Gasteiger partial charge >= 0.3 is 0 Å². The summed E-state index contributed by atoms with van der Waals surface area (Å²) in [5.74, 6) is 0.998. The number of ether oxygens (including phenoxy) is 2. The molecule has 21 heavy (non-hydrogen) atoms. The molecule has 0 radical (unpaired) electrons. The second-order valence-electron chi connectivity index (χ2n) is 4.31. The Kier molecular flexibility index (Phi) is 4.81. The molecular weight excluding hydrogens is 272 g/mol. The van der Waals surface area contributed by atoms with Crippen LogP contribution in [0.2, 0.25) is 0 Å². The summed E-state index contributed by atoms with van der Waals surface area (Å²) in [6.07, 6.45) is 0. The van der Waals surface area contributed by atoms with Crippen molar-refractivity contribution in [2.75, 3.05) is 18.5 Å². The molecule has 2 aromatic rings. The van der Waals surface area contributed by atoms with Crippen LogP contribution in [0.5, 0.6) is 11.5 Å². The Morgan fingerprint density at radius 3 is 2.62 bits per heavy atom. The van der Waals surface area contributed by atoms with Gasteiger partial charge in [-0.25, -0.2) is 0 Å². The van der Waals surface area contributed by atoms with Crippen molar-refractivity contribution >= 4 is 11.6 Å². The topological polar surface area (TPSA) is 73.6 Å². The molecule has 0 saturated carbocycles. The van der Waals surface area contributed by atoms with Gasteiger partial charge in [0.2, 0.25) is 5.76 Å². The third-order valence-electron chi connectivity index (χ3n) is 2.66. The van der Waals surface area contributed by atoms with E-state index in [-0.39, 0.29) is 11.7 Å². The molecule has 1 heterocycles. The molecule has 1 aromatic carbocycles. The summed E-state index contributed by atoms with van der Waals surface area (Å²) >= 11 is 0. The Balaban J connectivity index is 2.23. The monoisotopic (exact) mass is 290 g/mol. The molecule has 0 saturated heterocycles. The molecule has 6 heteroatoms. The fourth-order valence-electron chi connectivity index (χ4n) is 1.80. The maximum absolute atomic E-state index is 12.1. The number of hydrogen-bond donors (Lipinski definition) is 1. The number of aromatic nitrogens is 1. The van der Waals surface area contributed by atoms with Crippen LogP contribution in [0.1, 0.15) is 30.1 Å². The third-order valence-corrected chi connectivity index (χ3v) is 2.66. The summed E-state index contributed by atoms with van der Waals surface area (Å²) in [7, 11) is 0. The third kappa shape index (κ3) is 3.75. The number of benzene rings is 1. The number of carbonyl (C=O) groups is 1. The van der Waals surface area contributed by atoms with Gasteiger partial charge in [0, 0.05) is 12.1 Å². The molecule has 1 amide bonds. The molecular formula is C15H18N2O4. The molecule has 1 aromatic heterocycles. The molecule has 0 fully saturated rings. The van der Waals surface area contributed by atoms with Gasteiger partial charge in [-0.3, -0.25) is 4.79 Å². The van der Waals surface area contributed by atoms with Crippen molar-refractivity contribution in [3.63, 3.8) is 0 Å². The van der Waals surface area contributed by atoms with Gasteiger partial charge in [0.05, 0.1) is 24.6 Å². The lowest BCUT2D eigenvalue weighted by Gasteiger charge is -2.12. The Hall–Kier alpha value is -2.50. The largest absolute Gasteiger partial charge is 0.494 e. The minimum Gasteiger partial charge on any atom is -0.494 e. The minimum absolute atomic E-state index is 0.150. The quantitative estimate of drug-likeness (QED) is 0.885. The first-order chi connectivity index (χ1) is 10.1. The number of rotatable bonds is 6. The summed E-state index contributed by atoms with van der Waals surface area (Å²) in [6.45, 7) is 6.57. The molecule has 1 N–H and O–H groups in total. The predicted molar refractivity (Wildman–Crippen MR) is 78.0 cm³/mol. The summed E-state index contributed by atoms with van der Waals surface area (Å²) in [5.41, 5.74) is 1.18. The Labute approximate surface area is 123 Å². The second-order valence-corrected chi connectivity index (χ2v) is 4.31. The molecule has 0 aliphatic rings. The summed E-state index contributed by atoms with van der Waals surface area (Å²) in [4.78, 5) is 12.1. The Morgan fingerprint density at radius 2 is 2.00 bits per heavy atom. The molecule has 0 unspecified atom stereocenters. The summed E-state index contributed by atoms with van der Waals surface area (Å²) < 4.78 is 15.9. The van der Waals surface area contributed by atoms with Gasteiger partial charge in [-0.05, 0) is 32.9 Å². The van der Waals surface area contributed by atoms with Gasteiger partial charge in [-0.1, -0.05) is 5.16 Å². The van der Waals surface area contributed by atoms with E-state index in [0.29, 0.717) is 36.1 Å². The minimum atomic E-state index is -0.384. The number of nitrogens with one attached hydrogen (secondary N) is 1. The molecule has 0 spiro atoms. The highest BCUT2D eigenvalue weighted by Crippen LogP contribution is 2.29. The lowest BCUT2D eigenvalue weighted by atomic mass is 10.2. The normalized spacial score (nSPS) is 10.2. The van der Waals surface area contributed by atoms with E-state index in [1.54, 1.807) is 31.2 Å². The first-order valence-electron chi connectivity index (χ1n) is 6.78. The van der Waals surface area contributed by atoms with Crippen LogP contribution in [0, 0.1) is 6.92 Å². The highest BCUT2D eigenvalue weighted by molar-refractivity contribution is 6.03.